The molecule has 1 amide bonds. The van der Waals surface area contributed by atoms with Crippen molar-refractivity contribution in [2.75, 3.05) is 6.54 Å². The molecule has 1 heterocycles. The number of hydrogen-bond donors (Lipinski definition) is 5. The maximum Gasteiger partial charge on any atom is 0.314 e. The number of hydrogen-bond acceptors (Lipinski definition) is 5. The second-order valence-corrected chi connectivity index (χ2v) is 9.10. The zero-order valence-corrected chi connectivity index (χ0v) is 20.7. The van der Waals surface area contributed by atoms with Gasteiger partial charge in [-0.05, 0) is 59.9 Å². The summed E-state index contributed by atoms with van der Waals surface area (Å²) in [6, 6.07) is 14.5. The van der Waals surface area contributed by atoms with Crippen LogP contribution in [0.5, 0.6) is 0 Å². The Morgan fingerprint density at radius 2 is 1.58 bits per heavy atom. The Morgan fingerprint density at radius 3 is 2.29 bits per heavy atom. The Kier molecular flexibility index (Phi) is 8.45. The van der Waals surface area contributed by atoms with Gasteiger partial charge in [-0.1, -0.05) is 31.2 Å². The summed E-state index contributed by atoms with van der Waals surface area (Å²) in [4.78, 5) is 41.1. The molecule has 0 aliphatic heterocycles. The van der Waals surface area contributed by atoms with Crippen LogP contribution in [0, 0.1) is 11.6 Å². The van der Waals surface area contributed by atoms with Gasteiger partial charge in [-0.3, -0.25) is 14.4 Å². The fourth-order valence-electron chi connectivity index (χ4n) is 4.24. The van der Waals surface area contributed by atoms with E-state index in [4.69, 9.17) is 0 Å². The fourth-order valence-corrected chi connectivity index (χ4v) is 4.24. The summed E-state index contributed by atoms with van der Waals surface area (Å²) < 4.78 is 27.6. The van der Waals surface area contributed by atoms with E-state index in [1.807, 2.05) is 18.2 Å². The molecule has 1 aromatic heterocycles. The van der Waals surface area contributed by atoms with E-state index < -0.39 is 40.8 Å². The van der Waals surface area contributed by atoms with Crippen LogP contribution in [0.4, 0.5) is 8.78 Å². The minimum Gasteiger partial charge on any atom is -0.390 e. The highest BCUT2D eigenvalue weighted by Crippen LogP contribution is 2.14. The van der Waals surface area contributed by atoms with Gasteiger partial charge in [0.15, 0.2) is 0 Å². The summed E-state index contributed by atoms with van der Waals surface area (Å²) in [5.74, 6) is -2.10. The van der Waals surface area contributed by atoms with E-state index in [0.717, 1.165) is 30.2 Å². The number of fused-ring (bicyclic) bond motifs is 1. The van der Waals surface area contributed by atoms with Crippen molar-refractivity contribution in [2.45, 2.75) is 38.5 Å². The summed E-state index contributed by atoms with van der Waals surface area (Å²) in [5, 5.41) is 16.9. The highest BCUT2D eigenvalue weighted by atomic mass is 19.1. The largest absolute Gasteiger partial charge is 0.390 e. The SMILES string of the molecule is CCc1cccc(CNCC(O)C(Cc2cc(F)cc(F)c2)NC(=O)c2ccc3[nH]c(=O)c(=O)[nH]c3c2)c1. The molecule has 0 aliphatic rings. The Labute approximate surface area is 216 Å². The third-order valence-corrected chi connectivity index (χ3v) is 6.23. The predicted molar refractivity (Wildman–Crippen MR) is 140 cm³/mol. The number of rotatable bonds is 10. The number of nitrogens with one attached hydrogen (secondary N) is 4. The number of aryl methyl sites for hydroxylation is 1. The van der Waals surface area contributed by atoms with Crippen molar-refractivity contribution in [1.29, 1.82) is 0 Å². The van der Waals surface area contributed by atoms with Crippen LogP contribution in [0.25, 0.3) is 11.0 Å². The molecule has 8 nitrogen and oxygen atoms in total. The summed E-state index contributed by atoms with van der Waals surface area (Å²) >= 11 is 0. The predicted octanol–water partition coefficient (Wildman–Crippen LogP) is 2.55. The Hall–Kier alpha value is -4.15. The molecule has 38 heavy (non-hydrogen) atoms. The minimum atomic E-state index is -1.10. The van der Waals surface area contributed by atoms with Crippen molar-refractivity contribution >= 4 is 16.9 Å². The van der Waals surface area contributed by atoms with Crippen molar-refractivity contribution in [3.63, 3.8) is 0 Å². The van der Waals surface area contributed by atoms with Gasteiger partial charge in [0.05, 0.1) is 23.2 Å². The molecular formula is C28H28F2N4O4. The van der Waals surface area contributed by atoms with Gasteiger partial charge in [0, 0.05) is 24.7 Å². The molecule has 4 rings (SSSR count). The first-order valence-electron chi connectivity index (χ1n) is 12.2. The lowest BCUT2D eigenvalue weighted by Gasteiger charge is -2.25. The Balaban J connectivity index is 1.52. The van der Waals surface area contributed by atoms with Crippen molar-refractivity contribution in [3.05, 3.63) is 115 Å². The molecule has 0 aliphatic carbocycles. The van der Waals surface area contributed by atoms with Crippen LogP contribution in [-0.2, 0) is 19.4 Å². The van der Waals surface area contributed by atoms with Gasteiger partial charge >= 0.3 is 11.1 Å². The lowest BCUT2D eigenvalue weighted by molar-refractivity contribution is 0.0830. The van der Waals surface area contributed by atoms with Gasteiger partial charge < -0.3 is 25.7 Å². The molecule has 4 aromatic rings. The van der Waals surface area contributed by atoms with E-state index in [1.165, 1.54) is 23.8 Å². The second-order valence-electron chi connectivity index (χ2n) is 9.10. The molecule has 0 radical (unpaired) electrons. The molecule has 5 N–H and O–H groups in total. The van der Waals surface area contributed by atoms with Gasteiger partial charge in [0.1, 0.15) is 11.6 Å². The van der Waals surface area contributed by atoms with Crippen LogP contribution in [-0.4, -0.2) is 39.7 Å². The number of H-pyrrole nitrogens is 2. The second kappa shape index (κ2) is 11.9. The molecule has 0 saturated heterocycles. The Bertz CT molecular complexity index is 1550. The Morgan fingerprint density at radius 1 is 0.895 bits per heavy atom. The quantitative estimate of drug-likeness (QED) is 0.205. The van der Waals surface area contributed by atoms with Crippen molar-refractivity contribution in [3.8, 4) is 0 Å². The molecule has 3 aromatic carbocycles. The van der Waals surface area contributed by atoms with Crippen LogP contribution in [0.1, 0.15) is 34.0 Å². The van der Waals surface area contributed by atoms with Crippen LogP contribution < -0.4 is 21.8 Å². The number of aromatic amines is 2. The molecule has 0 fully saturated rings. The molecule has 0 saturated carbocycles. The summed E-state index contributed by atoms with van der Waals surface area (Å²) in [7, 11) is 0. The monoisotopic (exact) mass is 522 g/mol. The number of halogens is 2. The normalized spacial score (nSPS) is 12.8. The number of carbonyl (C=O) groups excluding carboxylic acids is 1. The number of benzene rings is 3. The van der Waals surface area contributed by atoms with Gasteiger partial charge in [-0.15, -0.1) is 0 Å². The first-order valence-corrected chi connectivity index (χ1v) is 12.2. The zero-order valence-electron chi connectivity index (χ0n) is 20.7. The molecular weight excluding hydrogens is 494 g/mol. The molecule has 2 unspecified atom stereocenters. The highest BCUT2D eigenvalue weighted by molar-refractivity contribution is 5.97. The zero-order chi connectivity index (χ0) is 27.2. The smallest absolute Gasteiger partial charge is 0.314 e. The van der Waals surface area contributed by atoms with Crippen molar-refractivity contribution in [2.24, 2.45) is 0 Å². The van der Waals surface area contributed by atoms with E-state index in [0.29, 0.717) is 12.1 Å². The third-order valence-electron chi connectivity index (χ3n) is 6.23. The molecule has 10 heteroatoms. The topological polar surface area (TPSA) is 127 Å². The number of carbonyl (C=O) groups is 1. The first-order chi connectivity index (χ1) is 18.2. The van der Waals surface area contributed by atoms with Gasteiger partial charge in [0.2, 0.25) is 0 Å². The van der Waals surface area contributed by atoms with E-state index in [2.05, 4.69) is 33.6 Å². The van der Waals surface area contributed by atoms with Crippen LogP contribution >= 0.6 is 0 Å². The highest BCUT2D eigenvalue weighted by Gasteiger charge is 2.23. The van der Waals surface area contributed by atoms with Crippen molar-refractivity contribution in [1.82, 2.24) is 20.6 Å². The number of aliphatic hydroxyl groups excluding tert-OH is 1. The number of aliphatic hydroxyl groups is 1. The van der Waals surface area contributed by atoms with E-state index in [-0.39, 0.29) is 29.6 Å². The van der Waals surface area contributed by atoms with E-state index >= 15 is 0 Å². The van der Waals surface area contributed by atoms with Gasteiger partial charge in [-0.25, -0.2) is 8.78 Å². The van der Waals surface area contributed by atoms with Gasteiger partial charge in [0.25, 0.3) is 5.91 Å². The fraction of sp³-hybridized carbons (Fsp3) is 0.250. The molecule has 198 valence electrons. The molecule has 0 bridgehead atoms. The lowest BCUT2D eigenvalue weighted by atomic mass is 10.00. The summed E-state index contributed by atoms with van der Waals surface area (Å²) in [6.45, 7) is 2.65. The maximum absolute atomic E-state index is 13.8. The first kappa shape index (κ1) is 26.9. The van der Waals surface area contributed by atoms with Crippen molar-refractivity contribution < 1.29 is 18.7 Å². The van der Waals surface area contributed by atoms with Gasteiger partial charge in [-0.2, -0.15) is 0 Å². The minimum absolute atomic E-state index is 0.0354. The summed E-state index contributed by atoms with van der Waals surface area (Å²) in [5.41, 5.74) is 1.57. The average Bonchev–Trinajstić information content (AvgIpc) is 2.88. The lowest BCUT2D eigenvalue weighted by Crippen LogP contribution is -2.48. The van der Waals surface area contributed by atoms with Crippen LogP contribution in [0.15, 0.2) is 70.3 Å². The van der Waals surface area contributed by atoms with Crippen LogP contribution in [0.2, 0.25) is 0 Å². The van der Waals surface area contributed by atoms with E-state index in [9.17, 15) is 28.3 Å². The van der Waals surface area contributed by atoms with E-state index in [1.54, 1.807) is 0 Å². The number of amides is 1. The average molecular weight is 523 g/mol. The third kappa shape index (κ3) is 6.78. The molecule has 2 atom stereocenters. The summed E-state index contributed by atoms with van der Waals surface area (Å²) in [6.07, 6.45) is -0.240. The molecule has 0 spiro atoms. The standard InChI is InChI=1S/C28H28F2N4O4/c1-2-16-4-3-5-17(8-16)14-31-15-25(35)24(11-18-9-20(29)13-21(30)10-18)34-26(36)19-6-7-22-23(12-19)33-28(38)27(37)32-22/h3-10,12-13,24-25,31,35H,2,11,14-15H2,1H3,(H,32,37)(H,33,38)(H,34,36). The van der Waals surface area contributed by atoms with Crippen LogP contribution in [0.3, 0.4) is 0 Å². The maximum atomic E-state index is 13.8. The number of aromatic nitrogens is 2.